The summed E-state index contributed by atoms with van der Waals surface area (Å²) in [5, 5.41) is 0. The monoisotopic (exact) mass is 395 g/mol. The molecule has 0 saturated carbocycles. The maximum absolute atomic E-state index is 13.4. The van der Waals surface area contributed by atoms with Crippen LogP contribution in [0.4, 0.5) is 10.2 Å². The molecule has 5 rings (SSSR count). The molecular formula is C21H22FN5O2. The highest BCUT2D eigenvalue weighted by Crippen LogP contribution is 2.32. The van der Waals surface area contributed by atoms with E-state index in [9.17, 15) is 9.18 Å². The van der Waals surface area contributed by atoms with E-state index < -0.39 is 5.95 Å². The lowest BCUT2D eigenvalue weighted by Gasteiger charge is -2.47. The maximum Gasteiger partial charge on any atom is 0.255 e. The molecule has 0 unspecified atom stereocenters. The Morgan fingerprint density at radius 2 is 2.00 bits per heavy atom. The second-order valence-corrected chi connectivity index (χ2v) is 7.67. The van der Waals surface area contributed by atoms with Crippen LogP contribution in [-0.2, 0) is 4.74 Å². The summed E-state index contributed by atoms with van der Waals surface area (Å²) in [6.07, 6.45) is 6.92. The second-order valence-electron chi connectivity index (χ2n) is 7.67. The highest BCUT2D eigenvalue weighted by Gasteiger charge is 2.41. The summed E-state index contributed by atoms with van der Waals surface area (Å²) in [6.45, 7) is 3.12. The Morgan fingerprint density at radius 3 is 2.83 bits per heavy atom. The van der Waals surface area contributed by atoms with Crippen LogP contribution < -0.4 is 4.90 Å². The van der Waals surface area contributed by atoms with Crippen molar-refractivity contribution in [3.63, 3.8) is 0 Å². The van der Waals surface area contributed by atoms with E-state index in [0.29, 0.717) is 31.1 Å². The molecule has 2 aliphatic rings. The first-order chi connectivity index (χ1) is 14.1. The molecule has 2 saturated heterocycles. The third-order valence-corrected chi connectivity index (χ3v) is 5.87. The van der Waals surface area contributed by atoms with E-state index in [4.69, 9.17) is 4.74 Å². The number of hydrogen-bond donors (Lipinski definition) is 0. The predicted octanol–water partition coefficient (Wildman–Crippen LogP) is 2.38. The number of imidazole rings is 1. The van der Waals surface area contributed by atoms with E-state index in [0.717, 1.165) is 31.6 Å². The molecule has 0 bridgehead atoms. The van der Waals surface area contributed by atoms with Gasteiger partial charge in [0.1, 0.15) is 11.5 Å². The molecule has 0 radical (unpaired) electrons. The highest BCUT2D eigenvalue weighted by atomic mass is 19.1. The minimum Gasteiger partial charge on any atom is -0.371 e. The molecule has 3 aromatic rings. The fraction of sp³-hybridized carbons (Fsp3) is 0.381. The number of carbonyl (C=O) groups is 1. The lowest BCUT2D eigenvalue weighted by atomic mass is 9.89. The molecule has 2 aliphatic heterocycles. The number of aromatic nitrogens is 3. The van der Waals surface area contributed by atoms with Gasteiger partial charge in [-0.05, 0) is 37.1 Å². The Bertz CT molecular complexity index is 1040. The third-order valence-electron chi connectivity index (χ3n) is 5.87. The third kappa shape index (κ3) is 3.44. The summed E-state index contributed by atoms with van der Waals surface area (Å²) in [5.74, 6) is 0.193. The zero-order chi connectivity index (χ0) is 19.8. The van der Waals surface area contributed by atoms with Crippen LogP contribution in [0.3, 0.4) is 0 Å². The van der Waals surface area contributed by atoms with E-state index in [2.05, 4.69) is 14.9 Å². The number of amides is 1. The van der Waals surface area contributed by atoms with Crippen molar-refractivity contribution in [2.75, 3.05) is 37.7 Å². The highest BCUT2D eigenvalue weighted by molar-refractivity contribution is 5.94. The maximum atomic E-state index is 13.4. The van der Waals surface area contributed by atoms with E-state index in [1.165, 1.54) is 6.07 Å². The number of halogens is 1. The van der Waals surface area contributed by atoms with Crippen molar-refractivity contribution in [1.29, 1.82) is 0 Å². The average Bonchev–Trinajstić information content (AvgIpc) is 3.22. The van der Waals surface area contributed by atoms with Gasteiger partial charge in [0, 0.05) is 38.2 Å². The Kier molecular flexibility index (Phi) is 4.43. The Morgan fingerprint density at radius 1 is 1.14 bits per heavy atom. The summed E-state index contributed by atoms with van der Waals surface area (Å²) in [7, 11) is 0. The average molecular weight is 395 g/mol. The number of piperidine rings is 1. The predicted molar refractivity (Wildman–Crippen MR) is 105 cm³/mol. The summed E-state index contributed by atoms with van der Waals surface area (Å²) in [5.41, 5.74) is 1.11. The van der Waals surface area contributed by atoms with Crippen LogP contribution in [0.5, 0.6) is 0 Å². The van der Waals surface area contributed by atoms with Crippen molar-refractivity contribution >= 4 is 17.4 Å². The zero-order valence-electron chi connectivity index (χ0n) is 16.0. The molecule has 0 aliphatic carbocycles. The second kappa shape index (κ2) is 7.11. The summed E-state index contributed by atoms with van der Waals surface area (Å²) < 4.78 is 21.4. The fourth-order valence-electron chi connectivity index (χ4n) is 4.27. The van der Waals surface area contributed by atoms with Crippen molar-refractivity contribution in [2.45, 2.75) is 18.4 Å². The van der Waals surface area contributed by atoms with E-state index in [1.807, 2.05) is 39.9 Å². The van der Waals surface area contributed by atoms with Crippen LogP contribution in [0.25, 0.3) is 5.65 Å². The first-order valence-electron chi connectivity index (χ1n) is 9.85. The van der Waals surface area contributed by atoms with Crippen molar-refractivity contribution < 1.29 is 13.9 Å². The van der Waals surface area contributed by atoms with Gasteiger partial charge in [-0.2, -0.15) is 4.39 Å². The number of pyridine rings is 2. The van der Waals surface area contributed by atoms with Gasteiger partial charge in [0.15, 0.2) is 0 Å². The first kappa shape index (κ1) is 18.1. The van der Waals surface area contributed by atoms with Gasteiger partial charge in [-0.3, -0.25) is 4.79 Å². The van der Waals surface area contributed by atoms with Gasteiger partial charge in [-0.1, -0.05) is 6.07 Å². The number of morpholine rings is 1. The van der Waals surface area contributed by atoms with Gasteiger partial charge in [0.25, 0.3) is 5.91 Å². The van der Waals surface area contributed by atoms with Crippen LogP contribution in [-0.4, -0.2) is 63.6 Å². The standard InChI is InChI=1S/C21H22FN5O2/c22-17-2-1-3-19(24-17)25-9-6-21(7-10-25)15-27(12-13-29-21)20(28)16-4-5-18-23-8-11-26(18)14-16/h1-5,8,11,14H,6-7,9-10,12-13,15H2. The normalized spacial score (nSPS) is 19.1. The smallest absolute Gasteiger partial charge is 0.255 e. The van der Waals surface area contributed by atoms with E-state index in [-0.39, 0.29) is 11.5 Å². The number of fused-ring (bicyclic) bond motifs is 1. The van der Waals surface area contributed by atoms with Gasteiger partial charge in [0.05, 0.1) is 24.3 Å². The number of carbonyl (C=O) groups excluding carboxylic acids is 1. The molecular weight excluding hydrogens is 373 g/mol. The summed E-state index contributed by atoms with van der Waals surface area (Å²) >= 11 is 0. The Labute approximate surface area is 167 Å². The minimum absolute atomic E-state index is 0.0116. The van der Waals surface area contributed by atoms with Crippen LogP contribution in [0, 0.1) is 5.95 Å². The zero-order valence-corrected chi connectivity index (χ0v) is 16.0. The number of rotatable bonds is 2. The number of hydrogen-bond acceptors (Lipinski definition) is 5. The molecule has 3 aromatic heterocycles. The van der Waals surface area contributed by atoms with Crippen molar-refractivity contribution in [3.05, 3.63) is 60.4 Å². The number of anilines is 1. The van der Waals surface area contributed by atoms with E-state index in [1.54, 1.807) is 12.3 Å². The summed E-state index contributed by atoms with van der Waals surface area (Å²) in [6, 6.07) is 8.53. The lowest BCUT2D eigenvalue weighted by Crippen LogP contribution is -2.58. The van der Waals surface area contributed by atoms with Gasteiger partial charge in [-0.25, -0.2) is 9.97 Å². The Balaban J connectivity index is 1.28. The molecule has 2 fully saturated rings. The fourth-order valence-corrected chi connectivity index (χ4v) is 4.27. The van der Waals surface area contributed by atoms with E-state index >= 15 is 0 Å². The molecule has 5 heterocycles. The SMILES string of the molecule is O=C(c1ccc2nccn2c1)N1CCOC2(CCN(c3cccc(F)n3)CC2)C1. The molecule has 0 atom stereocenters. The topological polar surface area (TPSA) is 63.0 Å². The molecule has 0 N–H and O–H groups in total. The van der Waals surface area contributed by atoms with Gasteiger partial charge < -0.3 is 18.9 Å². The van der Waals surface area contributed by atoms with Gasteiger partial charge >= 0.3 is 0 Å². The van der Waals surface area contributed by atoms with Crippen molar-refractivity contribution in [3.8, 4) is 0 Å². The van der Waals surface area contributed by atoms with Crippen molar-refractivity contribution in [1.82, 2.24) is 19.3 Å². The molecule has 1 amide bonds. The largest absolute Gasteiger partial charge is 0.371 e. The van der Waals surface area contributed by atoms with Crippen LogP contribution in [0.15, 0.2) is 48.9 Å². The molecule has 8 heteroatoms. The minimum atomic E-state index is -0.469. The quantitative estimate of drug-likeness (QED) is 0.624. The van der Waals surface area contributed by atoms with Gasteiger partial charge in [-0.15, -0.1) is 0 Å². The summed E-state index contributed by atoms with van der Waals surface area (Å²) in [4.78, 5) is 25.3. The van der Waals surface area contributed by atoms with Gasteiger partial charge in [0.2, 0.25) is 5.95 Å². The molecule has 29 heavy (non-hydrogen) atoms. The number of ether oxygens (including phenoxy) is 1. The molecule has 150 valence electrons. The Hall–Kier alpha value is -3.00. The van der Waals surface area contributed by atoms with Crippen LogP contribution >= 0.6 is 0 Å². The lowest BCUT2D eigenvalue weighted by molar-refractivity contribution is -0.111. The van der Waals surface area contributed by atoms with Crippen molar-refractivity contribution in [2.24, 2.45) is 0 Å². The molecule has 7 nitrogen and oxygen atoms in total. The first-order valence-corrected chi connectivity index (χ1v) is 9.85. The molecule has 0 aromatic carbocycles. The number of nitrogens with zero attached hydrogens (tertiary/aromatic N) is 5. The van der Waals surface area contributed by atoms with Crippen LogP contribution in [0.1, 0.15) is 23.2 Å². The molecule has 1 spiro atoms. The van der Waals surface area contributed by atoms with Crippen LogP contribution in [0.2, 0.25) is 0 Å².